The molecule has 0 amide bonds. The van der Waals surface area contributed by atoms with Gasteiger partial charge in [-0.1, -0.05) is 17.7 Å². The van der Waals surface area contributed by atoms with Gasteiger partial charge >= 0.3 is 5.69 Å². The Kier molecular flexibility index (Phi) is 5.45. The highest BCUT2D eigenvalue weighted by molar-refractivity contribution is 6.30. The minimum Gasteiger partial charge on any atom is -0.467 e. The van der Waals surface area contributed by atoms with Crippen LogP contribution in [0.2, 0.25) is 5.02 Å². The highest BCUT2D eigenvalue weighted by Gasteiger charge is 2.20. The van der Waals surface area contributed by atoms with Crippen LogP contribution in [0.4, 0.5) is 0 Å². The summed E-state index contributed by atoms with van der Waals surface area (Å²) in [7, 11) is 0. The van der Waals surface area contributed by atoms with Crippen LogP contribution in [0.1, 0.15) is 28.5 Å². The van der Waals surface area contributed by atoms with Crippen molar-refractivity contribution in [3.8, 4) is 11.5 Å². The van der Waals surface area contributed by atoms with Gasteiger partial charge in [-0.3, -0.25) is 13.9 Å². The third kappa shape index (κ3) is 3.86. The maximum atomic E-state index is 13.6. The van der Waals surface area contributed by atoms with Gasteiger partial charge in [-0.05, 0) is 62.7 Å². The van der Waals surface area contributed by atoms with Crippen molar-refractivity contribution < 1.29 is 8.83 Å². The lowest BCUT2D eigenvalue weighted by Crippen LogP contribution is -2.41. The normalized spacial score (nSPS) is 11.4. The molecule has 1 aromatic carbocycles. The Morgan fingerprint density at radius 2 is 1.79 bits per heavy atom. The molecule has 0 bridgehead atoms. The Morgan fingerprint density at radius 1 is 0.971 bits per heavy atom. The van der Waals surface area contributed by atoms with Crippen LogP contribution in [-0.4, -0.2) is 19.1 Å². The molecule has 34 heavy (non-hydrogen) atoms. The number of nitrogens with zero attached hydrogens (tertiary/aromatic N) is 4. The molecule has 0 saturated carbocycles. The van der Waals surface area contributed by atoms with Crippen molar-refractivity contribution in [1.29, 1.82) is 0 Å². The van der Waals surface area contributed by atoms with Gasteiger partial charge < -0.3 is 8.83 Å². The number of oxazole rings is 1. The number of rotatable bonds is 5. The molecule has 8 nitrogen and oxygen atoms in total. The lowest BCUT2D eigenvalue weighted by atomic mass is 10.1. The second kappa shape index (κ2) is 8.46. The first-order valence-electron chi connectivity index (χ1n) is 10.7. The van der Waals surface area contributed by atoms with Crippen molar-refractivity contribution in [1.82, 2.24) is 19.1 Å². The summed E-state index contributed by atoms with van der Waals surface area (Å²) >= 11 is 6.10. The zero-order valence-corrected chi connectivity index (χ0v) is 19.6. The summed E-state index contributed by atoms with van der Waals surface area (Å²) in [4.78, 5) is 36.1. The van der Waals surface area contributed by atoms with Gasteiger partial charge in [0.1, 0.15) is 17.2 Å². The predicted octanol–water partition coefficient (Wildman–Crippen LogP) is 4.48. The number of pyridine rings is 1. The summed E-state index contributed by atoms with van der Waals surface area (Å²) in [6.45, 7) is 5.51. The molecule has 0 unspecified atom stereocenters. The second-order valence-corrected chi connectivity index (χ2v) is 8.59. The molecule has 0 radical (unpaired) electrons. The van der Waals surface area contributed by atoms with Gasteiger partial charge in [0.2, 0.25) is 5.89 Å². The number of halogens is 1. The average molecular weight is 477 g/mol. The van der Waals surface area contributed by atoms with Crippen LogP contribution < -0.4 is 11.2 Å². The van der Waals surface area contributed by atoms with Crippen molar-refractivity contribution >= 4 is 22.6 Å². The standard InChI is InChI=1S/C25H21ClN4O4/c1-14-10-15(2)27-22-21(14)24(31)30(25(32)29(22)12-19-8-5-9-33-19)13-20-16(3)34-23(28-20)17-6-4-7-18(26)11-17/h4-11H,12-13H2,1-3H3. The lowest BCUT2D eigenvalue weighted by Gasteiger charge is -2.14. The fourth-order valence-corrected chi connectivity index (χ4v) is 4.23. The monoisotopic (exact) mass is 476 g/mol. The number of fused-ring (bicyclic) bond motifs is 1. The third-order valence-electron chi connectivity index (χ3n) is 5.67. The van der Waals surface area contributed by atoms with E-state index in [1.54, 1.807) is 43.5 Å². The van der Waals surface area contributed by atoms with Crippen LogP contribution >= 0.6 is 11.6 Å². The predicted molar refractivity (Wildman–Crippen MR) is 128 cm³/mol. The molecule has 0 N–H and O–H groups in total. The summed E-state index contributed by atoms with van der Waals surface area (Å²) in [5.41, 5.74) is 2.05. The molecule has 0 atom stereocenters. The molecule has 172 valence electrons. The Labute approximate surface area is 199 Å². The zero-order valence-electron chi connectivity index (χ0n) is 18.8. The second-order valence-electron chi connectivity index (χ2n) is 8.15. The van der Waals surface area contributed by atoms with E-state index in [2.05, 4.69) is 9.97 Å². The van der Waals surface area contributed by atoms with Gasteiger partial charge in [-0.15, -0.1) is 0 Å². The highest BCUT2D eigenvalue weighted by Crippen LogP contribution is 2.24. The zero-order chi connectivity index (χ0) is 24.0. The maximum absolute atomic E-state index is 13.6. The van der Waals surface area contributed by atoms with E-state index in [9.17, 15) is 9.59 Å². The largest absolute Gasteiger partial charge is 0.467 e. The Morgan fingerprint density at radius 3 is 2.53 bits per heavy atom. The lowest BCUT2D eigenvalue weighted by molar-refractivity contribution is 0.483. The number of hydrogen-bond acceptors (Lipinski definition) is 6. The van der Waals surface area contributed by atoms with Gasteiger partial charge in [0.05, 0.1) is 24.7 Å². The number of aryl methyl sites for hydroxylation is 3. The molecule has 0 saturated heterocycles. The minimum atomic E-state index is -0.502. The summed E-state index contributed by atoms with van der Waals surface area (Å²) in [6, 6.07) is 12.5. The van der Waals surface area contributed by atoms with Crippen molar-refractivity contribution in [3.63, 3.8) is 0 Å². The summed E-state index contributed by atoms with van der Waals surface area (Å²) in [5.74, 6) is 1.46. The van der Waals surface area contributed by atoms with E-state index in [1.807, 2.05) is 26.0 Å². The molecular formula is C25H21ClN4O4. The SMILES string of the molecule is Cc1cc(C)c2c(=O)n(Cc3nc(-c4cccc(Cl)c4)oc3C)c(=O)n(Cc3ccco3)c2n1. The fourth-order valence-electron chi connectivity index (χ4n) is 4.04. The first-order valence-corrected chi connectivity index (χ1v) is 11.1. The Hall–Kier alpha value is -3.91. The number of aromatic nitrogens is 4. The average Bonchev–Trinajstić information content (AvgIpc) is 3.43. The van der Waals surface area contributed by atoms with Crippen LogP contribution in [-0.2, 0) is 13.1 Å². The molecule has 0 fully saturated rings. The van der Waals surface area contributed by atoms with Gasteiger partial charge in [-0.2, -0.15) is 0 Å². The van der Waals surface area contributed by atoms with E-state index in [4.69, 9.17) is 20.4 Å². The summed E-state index contributed by atoms with van der Waals surface area (Å²) < 4.78 is 13.9. The van der Waals surface area contributed by atoms with Gasteiger partial charge in [0.15, 0.2) is 5.65 Å². The van der Waals surface area contributed by atoms with Gasteiger partial charge in [-0.25, -0.2) is 14.8 Å². The van der Waals surface area contributed by atoms with Crippen LogP contribution in [0.3, 0.4) is 0 Å². The number of furan rings is 1. The van der Waals surface area contributed by atoms with Gasteiger partial charge in [0.25, 0.3) is 5.56 Å². The highest BCUT2D eigenvalue weighted by atomic mass is 35.5. The van der Waals surface area contributed by atoms with Crippen LogP contribution in [0, 0.1) is 20.8 Å². The topological polar surface area (TPSA) is 96.1 Å². The first-order chi connectivity index (χ1) is 16.3. The maximum Gasteiger partial charge on any atom is 0.333 e. The number of hydrogen-bond donors (Lipinski definition) is 0. The molecule has 0 spiro atoms. The molecular weight excluding hydrogens is 456 g/mol. The molecule has 0 aliphatic heterocycles. The van der Waals surface area contributed by atoms with E-state index >= 15 is 0 Å². The van der Waals surface area contributed by atoms with Crippen molar-refractivity contribution in [2.24, 2.45) is 0 Å². The van der Waals surface area contributed by atoms with Crippen molar-refractivity contribution in [2.45, 2.75) is 33.9 Å². The Balaban J connectivity index is 1.67. The third-order valence-corrected chi connectivity index (χ3v) is 5.90. The van der Waals surface area contributed by atoms with Crippen LogP contribution in [0.15, 0.2) is 67.2 Å². The molecule has 5 rings (SSSR count). The van der Waals surface area contributed by atoms with E-state index < -0.39 is 11.2 Å². The fraction of sp³-hybridized carbons (Fsp3) is 0.200. The number of benzene rings is 1. The first kappa shape index (κ1) is 21.9. The van der Waals surface area contributed by atoms with Crippen LogP contribution in [0.5, 0.6) is 0 Å². The molecule has 0 aliphatic carbocycles. The van der Waals surface area contributed by atoms with E-state index in [-0.39, 0.29) is 13.1 Å². The van der Waals surface area contributed by atoms with Crippen molar-refractivity contribution in [2.75, 3.05) is 0 Å². The quantitative estimate of drug-likeness (QED) is 0.371. The molecule has 9 heteroatoms. The van der Waals surface area contributed by atoms with E-state index in [0.29, 0.717) is 50.4 Å². The van der Waals surface area contributed by atoms with Crippen molar-refractivity contribution in [3.05, 3.63) is 103 Å². The smallest absolute Gasteiger partial charge is 0.333 e. The van der Waals surface area contributed by atoms with E-state index in [0.717, 1.165) is 5.56 Å². The van der Waals surface area contributed by atoms with Crippen LogP contribution in [0.25, 0.3) is 22.5 Å². The Bertz CT molecular complexity index is 1640. The van der Waals surface area contributed by atoms with E-state index in [1.165, 1.54) is 9.13 Å². The minimum absolute atomic E-state index is 0.0466. The molecule has 4 aromatic heterocycles. The molecule has 4 heterocycles. The summed E-state index contributed by atoms with van der Waals surface area (Å²) in [6.07, 6.45) is 1.54. The summed E-state index contributed by atoms with van der Waals surface area (Å²) in [5, 5.41) is 0.938. The molecule has 5 aromatic rings. The van der Waals surface area contributed by atoms with Gasteiger partial charge in [0, 0.05) is 16.3 Å². The molecule has 0 aliphatic rings.